The average Bonchev–Trinajstić information content (AvgIpc) is 2.40. The smallest absolute Gasteiger partial charge is 0.234 e. The molecule has 5 nitrogen and oxygen atoms in total. The molecule has 0 bridgehead atoms. The van der Waals surface area contributed by atoms with Gasteiger partial charge in [-0.05, 0) is 44.8 Å². The van der Waals surface area contributed by atoms with E-state index in [2.05, 4.69) is 22.5 Å². The second kappa shape index (κ2) is 10.2. The van der Waals surface area contributed by atoms with Gasteiger partial charge in [-0.15, -0.1) is 0 Å². The number of carbonyl (C=O) groups excluding carboxylic acids is 1. The van der Waals surface area contributed by atoms with Crippen molar-refractivity contribution in [1.82, 2.24) is 15.5 Å². The molecule has 0 radical (unpaired) electrons. The molecule has 2 N–H and O–H groups in total. The summed E-state index contributed by atoms with van der Waals surface area (Å²) in [5, 5.41) is 6.28. The Bertz CT molecular complexity index is 243. The number of nitrogens with zero attached hydrogens (tertiary/aromatic N) is 1. The lowest BCUT2D eigenvalue weighted by Crippen LogP contribution is -2.42. The van der Waals surface area contributed by atoms with Crippen molar-refractivity contribution in [3.8, 4) is 0 Å². The van der Waals surface area contributed by atoms with Crippen molar-refractivity contribution >= 4 is 5.91 Å². The van der Waals surface area contributed by atoms with E-state index in [1.165, 1.54) is 12.8 Å². The average molecular weight is 271 g/mol. The van der Waals surface area contributed by atoms with Crippen LogP contribution >= 0.6 is 0 Å². The molecule has 112 valence electrons. The van der Waals surface area contributed by atoms with Gasteiger partial charge in [-0.25, -0.2) is 0 Å². The molecule has 0 unspecified atom stereocenters. The summed E-state index contributed by atoms with van der Waals surface area (Å²) in [6.07, 6.45) is 3.55. The van der Waals surface area contributed by atoms with Crippen LogP contribution in [0, 0.1) is 5.92 Å². The molecule has 19 heavy (non-hydrogen) atoms. The molecule has 0 atom stereocenters. The molecule has 1 aliphatic rings. The van der Waals surface area contributed by atoms with E-state index in [1.807, 2.05) is 0 Å². The lowest BCUT2D eigenvalue weighted by atomic mass is 9.97. The summed E-state index contributed by atoms with van der Waals surface area (Å²) in [6.45, 7) is 8.14. The molecule has 1 heterocycles. The summed E-state index contributed by atoms with van der Waals surface area (Å²) in [5.41, 5.74) is 0. The Balaban J connectivity index is 2.27. The first kappa shape index (κ1) is 16.4. The number of rotatable bonds is 9. The number of amides is 1. The summed E-state index contributed by atoms with van der Waals surface area (Å²) in [4.78, 5) is 14.1. The largest absolute Gasteiger partial charge is 0.383 e. The van der Waals surface area contributed by atoms with E-state index in [9.17, 15) is 4.79 Å². The first-order chi connectivity index (χ1) is 9.26. The first-order valence-corrected chi connectivity index (χ1v) is 7.45. The van der Waals surface area contributed by atoms with E-state index in [0.29, 0.717) is 19.7 Å². The second-order valence-corrected chi connectivity index (χ2v) is 5.27. The van der Waals surface area contributed by atoms with E-state index in [0.717, 1.165) is 38.5 Å². The van der Waals surface area contributed by atoms with Crippen LogP contribution < -0.4 is 10.6 Å². The van der Waals surface area contributed by atoms with Crippen LogP contribution in [0.25, 0.3) is 0 Å². The van der Waals surface area contributed by atoms with E-state index in [1.54, 1.807) is 7.11 Å². The molecule has 1 aliphatic heterocycles. The third kappa shape index (κ3) is 7.50. The summed E-state index contributed by atoms with van der Waals surface area (Å²) >= 11 is 0. The van der Waals surface area contributed by atoms with Crippen molar-refractivity contribution in [3.05, 3.63) is 0 Å². The highest BCUT2D eigenvalue weighted by atomic mass is 16.5. The quantitative estimate of drug-likeness (QED) is 0.598. The Morgan fingerprint density at radius 3 is 2.79 bits per heavy atom. The van der Waals surface area contributed by atoms with E-state index in [-0.39, 0.29) is 5.91 Å². The molecule has 0 spiro atoms. The van der Waals surface area contributed by atoms with Gasteiger partial charge in [0, 0.05) is 20.2 Å². The number of ether oxygens (including phenoxy) is 1. The van der Waals surface area contributed by atoms with Crippen LogP contribution in [-0.4, -0.2) is 63.8 Å². The van der Waals surface area contributed by atoms with Crippen LogP contribution in [0.15, 0.2) is 0 Å². The van der Waals surface area contributed by atoms with Crippen LogP contribution in [0.5, 0.6) is 0 Å². The Morgan fingerprint density at radius 2 is 2.16 bits per heavy atom. The zero-order valence-corrected chi connectivity index (χ0v) is 12.4. The van der Waals surface area contributed by atoms with Crippen molar-refractivity contribution in [2.45, 2.75) is 26.2 Å². The third-order valence-corrected chi connectivity index (χ3v) is 3.51. The summed E-state index contributed by atoms with van der Waals surface area (Å²) in [5.74, 6) is 0.846. The number of nitrogens with one attached hydrogen (secondary N) is 2. The minimum Gasteiger partial charge on any atom is -0.383 e. The summed E-state index contributed by atoms with van der Waals surface area (Å²) in [6, 6.07) is 0. The fourth-order valence-corrected chi connectivity index (χ4v) is 2.53. The number of hydrogen-bond acceptors (Lipinski definition) is 4. The zero-order chi connectivity index (χ0) is 13.9. The fourth-order valence-electron chi connectivity index (χ4n) is 2.53. The molecule has 0 aromatic heterocycles. The zero-order valence-electron chi connectivity index (χ0n) is 12.4. The summed E-state index contributed by atoms with van der Waals surface area (Å²) < 4.78 is 4.93. The Morgan fingerprint density at radius 1 is 1.42 bits per heavy atom. The highest BCUT2D eigenvalue weighted by molar-refractivity contribution is 5.77. The number of piperidine rings is 1. The second-order valence-electron chi connectivity index (χ2n) is 5.27. The Labute approximate surface area is 117 Å². The van der Waals surface area contributed by atoms with Gasteiger partial charge in [0.15, 0.2) is 0 Å². The van der Waals surface area contributed by atoms with Crippen molar-refractivity contribution in [2.75, 3.05) is 53.0 Å². The van der Waals surface area contributed by atoms with E-state index >= 15 is 0 Å². The SMILES string of the molecule is CCCN(CC(=O)NCCOC)CC1CCNCC1. The van der Waals surface area contributed by atoms with Crippen LogP contribution in [0.1, 0.15) is 26.2 Å². The molecule has 0 aliphatic carbocycles. The molecule has 0 aromatic rings. The van der Waals surface area contributed by atoms with Crippen LogP contribution in [0.3, 0.4) is 0 Å². The molecule has 1 saturated heterocycles. The predicted octanol–water partition coefficient (Wildman–Crippen LogP) is 0.461. The molecule has 1 fully saturated rings. The summed E-state index contributed by atoms with van der Waals surface area (Å²) in [7, 11) is 1.65. The molecule has 1 rings (SSSR count). The number of hydrogen-bond donors (Lipinski definition) is 2. The van der Waals surface area contributed by atoms with E-state index in [4.69, 9.17) is 4.74 Å². The molecule has 1 amide bonds. The van der Waals surface area contributed by atoms with Gasteiger partial charge in [-0.3, -0.25) is 9.69 Å². The van der Waals surface area contributed by atoms with E-state index < -0.39 is 0 Å². The van der Waals surface area contributed by atoms with Crippen molar-refractivity contribution < 1.29 is 9.53 Å². The van der Waals surface area contributed by atoms with Gasteiger partial charge in [-0.1, -0.05) is 6.92 Å². The molecule has 0 saturated carbocycles. The van der Waals surface area contributed by atoms with Gasteiger partial charge in [0.1, 0.15) is 0 Å². The van der Waals surface area contributed by atoms with Crippen molar-refractivity contribution in [2.24, 2.45) is 5.92 Å². The predicted molar refractivity (Wildman–Crippen MR) is 77.2 cm³/mol. The number of methoxy groups -OCH3 is 1. The van der Waals surface area contributed by atoms with Gasteiger partial charge >= 0.3 is 0 Å². The maximum atomic E-state index is 11.8. The third-order valence-electron chi connectivity index (χ3n) is 3.51. The van der Waals surface area contributed by atoms with Gasteiger partial charge in [0.05, 0.1) is 13.2 Å². The monoisotopic (exact) mass is 271 g/mol. The normalized spacial score (nSPS) is 16.8. The molecular weight excluding hydrogens is 242 g/mol. The topological polar surface area (TPSA) is 53.6 Å². The van der Waals surface area contributed by atoms with Crippen molar-refractivity contribution in [3.63, 3.8) is 0 Å². The minimum atomic E-state index is 0.111. The molecular formula is C14H29N3O2. The van der Waals surface area contributed by atoms with Gasteiger partial charge in [0.2, 0.25) is 5.91 Å². The molecule has 0 aromatic carbocycles. The minimum absolute atomic E-state index is 0.111. The maximum absolute atomic E-state index is 11.8. The standard InChI is InChI=1S/C14H29N3O2/c1-3-9-17(11-13-4-6-15-7-5-13)12-14(18)16-8-10-19-2/h13,15H,3-12H2,1-2H3,(H,16,18). The van der Waals surface area contributed by atoms with Crippen LogP contribution in [0.4, 0.5) is 0 Å². The fraction of sp³-hybridized carbons (Fsp3) is 0.929. The Hall–Kier alpha value is -0.650. The first-order valence-electron chi connectivity index (χ1n) is 7.45. The van der Waals surface area contributed by atoms with Gasteiger partial charge in [0.25, 0.3) is 0 Å². The van der Waals surface area contributed by atoms with Gasteiger partial charge < -0.3 is 15.4 Å². The highest BCUT2D eigenvalue weighted by Crippen LogP contribution is 2.13. The van der Waals surface area contributed by atoms with Crippen LogP contribution in [-0.2, 0) is 9.53 Å². The lowest BCUT2D eigenvalue weighted by molar-refractivity contribution is -0.122. The number of carbonyl (C=O) groups is 1. The van der Waals surface area contributed by atoms with Gasteiger partial charge in [-0.2, -0.15) is 0 Å². The molecule has 5 heteroatoms. The highest BCUT2D eigenvalue weighted by Gasteiger charge is 2.18. The van der Waals surface area contributed by atoms with Crippen LogP contribution in [0.2, 0.25) is 0 Å². The van der Waals surface area contributed by atoms with Crippen molar-refractivity contribution in [1.29, 1.82) is 0 Å². The Kier molecular flexibility index (Phi) is 8.79. The maximum Gasteiger partial charge on any atom is 0.234 e. The lowest BCUT2D eigenvalue weighted by Gasteiger charge is -2.29.